The molecular weight excluding hydrogens is 446 g/mol. The SMILES string of the molecule is COCC12CCC(C)(C)CC1C1C(=O)CC3C4(C)C=C(C#N)C(=O)C(C)(C)[C@@H]4CCC3(C)[C@]1(C)CC2. The van der Waals surface area contributed by atoms with Gasteiger partial charge in [0, 0.05) is 24.9 Å². The van der Waals surface area contributed by atoms with Crippen molar-refractivity contribution in [1.82, 2.24) is 0 Å². The number of methoxy groups -OCH3 is 1. The minimum absolute atomic E-state index is 0.00875. The van der Waals surface area contributed by atoms with Gasteiger partial charge in [0.1, 0.15) is 11.9 Å². The molecule has 0 saturated heterocycles. The fourth-order valence-electron chi connectivity index (χ4n) is 11.0. The number of hydrogen-bond acceptors (Lipinski definition) is 4. The second kappa shape index (κ2) is 7.78. The second-order valence-corrected chi connectivity index (χ2v) is 15.5. The van der Waals surface area contributed by atoms with Gasteiger partial charge in [-0.25, -0.2) is 0 Å². The fraction of sp³-hybridized carbons (Fsp3) is 0.844. The lowest BCUT2D eigenvalue weighted by Crippen LogP contribution is -2.69. The van der Waals surface area contributed by atoms with Crippen LogP contribution in [-0.2, 0) is 14.3 Å². The molecule has 0 N–H and O–H groups in total. The molecule has 4 heteroatoms. The Morgan fingerprint density at radius 3 is 2.25 bits per heavy atom. The molecule has 0 spiro atoms. The summed E-state index contributed by atoms with van der Waals surface area (Å²) >= 11 is 0. The number of carbonyl (C=O) groups is 2. The van der Waals surface area contributed by atoms with E-state index in [-0.39, 0.29) is 50.6 Å². The van der Waals surface area contributed by atoms with E-state index in [4.69, 9.17) is 4.74 Å². The third kappa shape index (κ3) is 3.14. The molecule has 4 fully saturated rings. The van der Waals surface area contributed by atoms with Gasteiger partial charge in [-0.15, -0.1) is 0 Å². The Bertz CT molecular complexity index is 1060. The highest BCUT2D eigenvalue weighted by Crippen LogP contribution is 2.75. The summed E-state index contributed by atoms with van der Waals surface area (Å²) in [5.74, 6) is 1.16. The molecule has 5 aliphatic rings. The number of nitriles is 1. The van der Waals surface area contributed by atoms with Crippen LogP contribution in [0.1, 0.15) is 99.8 Å². The predicted octanol–water partition coefficient (Wildman–Crippen LogP) is 6.93. The van der Waals surface area contributed by atoms with Crippen molar-refractivity contribution in [2.24, 2.45) is 56.2 Å². The zero-order valence-electron chi connectivity index (χ0n) is 23.9. The Morgan fingerprint density at radius 1 is 0.944 bits per heavy atom. The minimum atomic E-state index is -0.579. The quantitative estimate of drug-likeness (QED) is 0.418. The molecule has 0 radical (unpaired) electrons. The first-order chi connectivity index (χ1) is 16.6. The molecule has 8 atom stereocenters. The van der Waals surface area contributed by atoms with Crippen LogP contribution in [-0.4, -0.2) is 25.3 Å². The van der Waals surface area contributed by atoms with E-state index < -0.39 is 5.41 Å². The van der Waals surface area contributed by atoms with Crippen LogP contribution < -0.4 is 0 Å². The Morgan fingerprint density at radius 2 is 1.61 bits per heavy atom. The molecule has 0 heterocycles. The molecule has 0 bridgehead atoms. The summed E-state index contributed by atoms with van der Waals surface area (Å²) < 4.78 is 5.85. The summed E-state index contributed by atoms with van der Waals surface area (Å²) in [6.45, 7) is 16.8. The van der Waals surface area contributed by atoms with Gasteiger partial charge in [-0.3, -0.25) is 9.59 Å². The van der Waals surface area contributed by atoms with Crippen molar-refractivity contribution in [3.05, 3.63) is 11.6 Å². The van der Waals surface area contributed by atoms with Gasteiger partial charge in [0.15, 0.2) is 5.78 Å². The monoisotopic (exact) mass is 493 g/mol. The van der Waals surface area contributed by atoms with Crippen LogP contribution in [0.15, 0.2) is 11.6 Å². The van der Waals surface area contributed by atoms with E-state index in [2.05, 4.69) is 40.7 Å². The first kappa shape index (κ1) is 26.1. The van der Waals surface area contributed by atoms with E-state index in [1.165, 1.54) is 6.42 Å². The number of carbonyl (C=O) groups excluding carboxylic acids is 2. The van der Waals surface area contributed by atoms with Crippen LogP contribution in [0.2, 0.25) is 0 Å². The van der Waals surface area contributed by atoms with Gasteiger partial charge in [-0.05, 0) is 89.8 Å². The van der Waals surface area contributed by atoms with Gasteiger partial charge in [0.2, 0.25) is 0 Å². The van der Waals surface area contributed by atoms with E-state index >= 15 is 0 Å². The first-order valence-corrected chi connectivity index (χ1v) is 14.3. The lowest BCUT2D eigenvalue weighted by Gasteiger charge is -2.72. The smallest absolute Gasteiger partial charge is 0.178 e. The first-order valence-electron chi connectivity index (χ1n) is 14.3. The molecule has 6 unspecified atom stereocenters. The molecule has 4 nitrogen and oxygen atoms in total. The highest BCUT2D eigenvalue weighted by atomic mass is 16.5. The molecule has 0 amide bonds. The summed E-state index contributed by atoms with van der Waals surface area (Å²) in [5.41, 5.74) is -0.328. The maximum atomic E-state index is 14.4. The highest BCUT2D eigenvalue weighted by molar-refractivity contribution is 6.04. The summed E-state index contributed by atoms with van der Waals surface area (Å²) in [5, 5.41) is 9.89. The van der Waals surface area contributed by atoms with Gasteiger partial charge >= 0.3 is 0 Å². The highest BCUT2D eigenvalue weighted by Gasteiger charge is 2.72. The number of Topliss-reactive ketones (excluding diaryl/α,β-unsaturated/α-hetero) is 2. The Kier molecular flexibility index (Phi) is 5.65. The van der Waals surface area contributed by atoms with Crippen LogP contribution in [0.25, 0.3) is 0 Å². The number of nitrogens with zero attached hydrogens (tertiary/aromatic N) is 1. The van der Waals surface area contributed by atoms with Crippen LogP contribution in [0, 0.1) is 67.5 Å². The molecule has 0 aromatic carbocycles. The minimum Gasteiger partial charge on any atom is -0.384 e. The number of rotatable bonds is 2. The van der Waals surface area contributed by atoms with E-state index in [1.54, 1.807) is 0 Å². The summed E-state index contributed by atoms with van der Waals surface area (Å²) in [4.78, 5) is 27.7. The number of allylic oxidation sites excluding steroid dienone is 2. The van der Waals surface area contributed by atoms with Crippen molar-refractivity contribution in [2.75, 3.05) is 13.7 Å². The number of ketones is 2. The van der Waals surface area contributed by atoms with Crippen LogP contribution >= 0.6 is 0 Å². The molecule has 0 aliphatic heterocycles. The van der Waals surface area contributed by atoms with Gasteiger partial charge in [0.25, 0.3) is 0 Å². The summed E-state index contributed by atoms with van der Waals surface area (Å²) in [7, 11) is 1.83. The van der Waals surface area contributed by atoms with E-state index in [0.717, 1.165) is 45.1 Å². The van der Waals surface area contributed by atoms with Crippen LogP contribution in [0.4, 0.5) is 0 Å². The average molecular weight is 494 g/mol. The van der Waals surface area contributed by atoms with E-state index in [1.807, 2.05) is 27.0 Å². The summed E-state index contributed by atoms with van der Waals surface area (Å²) in [6, 6.07) is 2.23. The molecule has 0 aromatic heterocycles. The zero-order valence-corrected chi connectivity index (χ0v) is 23.9. The number of hydrogen-bond donors (Lipinski definition) is 0. The number of fused-ring (bicyclic) bond motifs is 7. The van der Waals surface area contributed by atoms with Gasteiger partial charge < -0.3 is 4.74 Å². The molecular formula is C32H47NO3. The van der Waals surface area contributed by atoms with Crippen molar-refractivity contribution in [3.8, 4) is 6.07 Å². The van der Waals surface area contributed by atoms with E-state index in [0.29, 0.717) is 23.7 Å². The van der Waals surface area contributed by atoms with Gasteiger partial charge in [0.05, 0.1) is 12.2 Å². The molecule has 0 aromatic rings. The standard InChI is InChI=1S/C32H47NO3/c1-27(2)11-13-32(19-36-8)14-12-31(7)25(21(32)17-27)22(34)15-24-29(5)16-20(18-33)26(35)28(3,4)23(29)9-10-30(24,31)6/h16,21,23-25H,9-15,17,19H2,1-8H3/t21?,23-,24?,25?,29?,30?,31+,32?/m0/s1. The van der Waals surface area contributed by atoms with Crippen molar-refractivity contribution < 1.29 is 14.3 Å². The second-order valence-electron chi connectivity index (χ2n) is 15.5. The summed E-state index contributed by atoms with van der Waals surface area (Å²) in [6.07, 6.45) is 10.3. The third-order valence-electron chi connectivity index (χ3n) is 13.1. The Balaban J connectivity index is 1.63. The Hall–Kier alpha value is -1.47. The van der Waals surface area contributed by atoms with Crippen LogP contribution in [0.5, 0.6) is 0 Å². The normalized spacial score (nSPS) is 49.0. The fourth-order valence-corrected chi connectivity index (χ4v) is 11.0. The van der Waals surface area contributed by atoms with Gasteiger partial charge in [-0.1, -0.05) is 54.5 Å². The maximum absolute atomic E-state index is 14.4. The molecule has 5 rings (SSSR count). The van der Waals surface area contributed by atoms with Crippen molar-refractivity contribution in [1.29, 1.82) is 5.26 Å². The Labute approximate surface area is 218 Å². The largest absolute Gasteiger partial charge is 0.384 e. The lowest BCUT2D eigenvalue weighted by atomic mass is 9.31. The molecule has 4 saturated carbocycles. The third-order valence-corrected chi connectivity index (χ3v) is 13.1. The molecule has 198 valence electrons. The van der Waals surface area contributed by atoms with Crippen molar-refractivity contribution >= 4 is 11.6 Å². The topological polar surface area (TPSA) is 67.2 Å². The lowest BCUT2D eigenvalue weighted by molar-refractivity contribution is -0.227. The average Bonchev–Trinajstić information content (AvgIpc) is 2.79. The zero-order chi connectivity index (χ0) is 26.5. The maximum Gasteiger partial charge on any atom is 0.178 e. The van der Waals surface area contributed by atoms with Crippen molar-refractivity contribution in [3.63, 3.8) is 0 Å². The van der Waals surface area contributed by atoms with Crippen LogP contribution in [0.3, 0.4) is 0 Å². The predicted molar refractivity (Wildman–Crippen MR) is 141 cm³/mol. The number of ether oxygens (including phenoxy) is 1. The van der Waals surface area contributed by atoms with Gasteiger partial charge in [-0.2, -0.15) is 5.26 Å². The molecule has 36 heavy (non-hydrogen) atoms. The molecule has 5 aliphatic carbocycles. The van der Waals surface area contributed by atoms with E-state index in [9.17, 15) is 14.9 Å². The van der Waals surface area contributed by atoms with Crippen molar-refractivity contribution in [2.45, 2.75) is 99.8 Å².